The van der Waals surface area contributed by atoms with Crippen LogP contribution in [0.15, 0.2) is 35.7 Å². The van der Waals surface area contributed by atoms with E-state index in [2.05, 4.69) is 42.3 Å². The summed E-state index contributed by atoms with van der Waals surface area (Å²) in [6.07, 6.45) is 2.72. The number of Topliss-reactive ketones (excluding diaryl/α,β-unsaturated/α-hetero) is 1. The minimum atomic E-state index is -0.0491. The summed E-state index contributed by atoms with van der Waals surface area (Å²) in [4.78, 5) is 27.3. The first-order valence-corrected chi connectivity index (χ1v) is 8.35. The molecule has 0 fully saturated rings. The summed E-state index contributed by atoms with van der Waals surface area (Å²) in [5.74, 6) is 0.0267. The lowest BCUT2D eigenvalue weighted by Crippen LogP contribution is -2.40. The van der Waals surface area contributed by atoms with Crippen molar-refractivity contribution in [2.24, 2.45) is 5.41 Å². The summed E-state index contributed by atoms with van der Waals surface area (Å²) < 4.78 is 0. The van der Waals surface area contributed by atoms with Gasteiger partial charge in [-0.15, -0.1) is 0 Å². The largest absolute Gasteiger partial charge is 0.365 e. The lowest BCUT2D eigenvalue weighted by molar-refractivity contribution is -0.124. The molecule has 3 aliphatic rings. The second-order valence-electron chi connectivity index (χ2n) is 7.67. The Morgan fingerprint density at radius 3 is 2.78 bits per heavy atom. The number of hydrogen-bond donors (Lipinski definition) is 1. The molecule has 0 aromatic heterocycles. The predicted molar refractivity (Wildman–Crippen MR) is 87.4 cm³/mol. The van der Waals surface area contributed by atoms with Gasteiger partial charge in [-0.2, -0.15) is 0 Å². The summed E-state index contributed by atoms with van der Waals surface area (Å²) in [6, 6.07) is 8.43. The van der Waals surface area contributed by atoms with E-state index in [0.717, 1.165) is 25.1 Å². The van der Waals surface area contributed by atoms with E-state index in [1.807, 2.05) is 6.07 Å². The highest BCUT2D eigenvalue weighted by Gasteiger charge is 2.41. The molecule has 23 heavy (non-hydrogen) atoms. The van der Waals surface area contributed by atoms with Crippen molar-refractivity contribution in [3.63, 3.8) is 0 Å². The van der Waals surface area contributed by atoms with Gasteiger partial charge in [-0.1, -0.05) is 38.1 Å². The molecule has 0 unspecified atom stereocenters. The van der Waals surface area contributed by atoms with Crippen molar-refractivity contribution >= 4 is 11.7 Å². The monoisotopic (exact) mass is 310 g/mol. The third-order valence-electron chi connectivity index (χ3n) is 5.25. The van der Waals surface area contributed by atoms with Gasteiger partial charge < -0.3 is 10.2 Å². The Hall–Kier alpha value is -2.10. The van der Waals surface area contributed by atoms with E-state index < -0.39 is 0 Å². The zero-order valence-corrected chi connectivity index (χ0v) is 13.7. The summed E-state index contributed by atoms with van der Waals surface area (Å²) >= 11 is 0. The molecular formula is C19H22N2O2. The van der Waals surface area contributed by atoms with Crippen molar-refractivity contribution in [1.82, 2.24) is 10.2 Å². The number of carbonyl (C=O) groups excluding carboxylic acids is 2. The standard InChI is InChI=1S/C19H22N2O2/c1-19(2)10-15-18(16(22)11-19)20-17(23)9-14-13-6-4-3-5-12(13)7-8-21(14)15/h3-6,14H,7-11H2,1-2H3,(H,20,23)/t14-/m0/s1. The van der Waals surface area contributed by atoms with Crippen LogP contribution < -0.4 is 5.32 Å². The lowest BCUT2D eigenvalue weighted by Gasteiger charge is -2.43. The van der Waals surface area contributed by atoms with Crippen LogP contribution in [0.1, 0.15) is 50.3 Å². The van der Waals surface area contributed by atoms with Crippen molar-refractivity contribution in [2.45, 2.75) is 45.6 Å². The zero-order valence-electron chi connectivity index (χ0n) is 13.7. The molecule has 2 aliphatic heterocycles. The molecule has 4 nitrogen and oxygen atoms in total. The molecule has 0 saturated carbocycles. The zero-order chi connectivity index (χ0) is 16.2. The molecule has 0 spiro atoms. The van der Waals surface area contributed by atoms with E-state index in [9.17, 15) is 9.59 Å². The van der Waals surface area contributed by atoms with Crippen LogP contribution in [0.3, 0.4) is 0 Å². The molecule has 0 radical (unpaired) electrons. The number of ketones is 1. The Balaban J connectivity index is 1.84. The fourth-order valence-corrected chi connectivity index (χ4v) is 4.24. The normalized spacial score (nSPS) is 26.0. The highest BCUT2D eigenvalue weighted by atomic mass is 16.2. The number of amides is 1. The fraction of sp³-hybridized carbons (Fsp3) is 0.474. The van der Waals surface area contributed by atoms with E-state index in [1.54, 1.807) is 0 Å². The smallest absolute Gasteiger partial charge is 0.226 e. The maximum atomic E-state index is 12.6. The van der Waals surface area contributed by atoms with Crippen molar-refractivity contribution in [3.05, 3.63) is 46.8 Å². The quantitative estimate of drug-likeness (QED) is 0.801. The summed E-state index contributed by atoms with van der Waals surface area (Å²) in [7, 11) is 0. The molecule has 0 bridgehead atoms. The molecule has 1 N–H and O–H groups in total. The third-order valence-corrected chi connectivity index (χ3v) is 5.25. The van der Waals surface area contributed by atoms with Crippen molar-refractivity contribution in [1.29, 1.82) is 0 Å². The lowest BCUT2D eigenvalue weighted by atomic mass is 9.76. The Morgan fingerprint density at radius 2 is 1.96 bits per heavy atom. The molecule has 1 amide bonds. The number of fused-ring (bicyclic) bond motifs is 4. The van der Waals surface area contributed by atoms with E-state index in [1.165, 1.54) is 11.1 Å². The SMILES string of the molecule is CC1(C)CC(=O)C2=C(C1)N1CCc3ccccc3[C@@H]1CC(=O)N2. The van der Waals surface area contributed by atoms with E-state index in [4.69, 9.17) is 0 Å². The predicted octanol–water partition coefficient (Wildman–Crippen LogP) is 2.71. The highest BCUT2D eigenvalue weighted by Crippen LogP contribution is 2.44. The van der Waals surface area contributed by atoms with E-state index in [-0.39, 0.29) is 23.1 Å². The van der Waals surface area contributed by atoms with E-state index >= 15 is 0 Å². The Morgan fingerprint density at radius 1 is 1.17 bits per heavy atom. The maximum Gasteiger partial charge on any atom is 0.226 e. The maximum absolute atomic E-state index is 12.6. The van der Waals surface area contributed by atoms with Gasteiger partial charge in [-0.05, 0) is 29.4 Å². The topological polar surface area (TPSA) is 49.4 Å². The van der Waals surface area contributed by atoms with Crippen molar-refractivity contribution in [3.8, 4) is 0 Å². The van der Waals surface area contributed by atoms with Crippen LogP contribution >= 0.6 is 0 Å². The second-order valence-corrected chi connectivity index (χ2v) is 7.67. The third kappa shape index (κ3) is 2.37. The highest BCUT2D eigenvalue weighted by molar-refractivity contribution is 6.01. The van der Waals surface area contributed by atoms with Crippen LogP contribution in [0.2, 0.25) is 0 Å². The summed E-state index contributed by atoms with van der Waals surface area (Å²) in [5, 5.41) is 2.91. The van der Waals surface area contributed by atoms with Crippen LogP contribution in [0.4, 0.5) is 0 Å². The van der Waals surface area contributed by atoms with Gasteiger partial charge >= 0.3 is 0 Å². The minimum absolute atomic E-state index is 0.0465. The molecule has 1 aliphatic carbocycles. The van der Waals surface area contributed by atoms with Gasteiger partial charge in [0.2, 0.25) is 5.91 Å². The number of benzene rings is 1. The number of carbonyl (C=O) groups is 2. The van der Waals surface area contributed by atoms with Gasteiger partial charge in [0.1, 0.15) is 5.70 Å². The molecule has 4 heteroatoms. The summed E-state index contributed by atoms with van der Waals surface area (Å²) in [6.45, 7) is 5.14. The number of nitrogens with one attached hydrogen (secondary N) is 1. The van der Waals surface area contributed by atoms with Gasteiger partial charge in [-0.25, -0.2) is 0 Å². The van der Waals surface area contributed by atoms with Crippen LogP contribution in [0.25, 0.3) is 0 Å². The Kier molecular flexibility index (Phi) is 3.12. The molecule has 1 aromatic rings. The Bertz CT molecular complexity index is 733. The molecule has 4 rings (SSSR count). The van der Waals surface area contributed by atoms with Gasteiger partial charge in [0.15, 0.2) is 5.78 Å². The average Bonchev–Trinajstić information content (AvgIpc) is 2.63. The molecule has 1 atom stereocenters. The number of nitrogens with zero attached hydrogens (tertiary/aromatic N) is 1. The van der Waals surface area contributed by atoms with Crippen LogP contribution in [0, 0.1) is 5.41 Å². The molecule has 2 heterocycles. The first-order valence-electron chi connectivity index (χ1n) is 8.35. The Labute approximate surface area is 136 Å². The number of allylic oxidation sites excluding steroid dienone is 2. The molecule has 0 saturated heterocycles. The van der Waals surface area contributed by atoms with Gasteiger partial charge in [0, 0.05) is 18.7 Å². The molecule has 120 valence electrons. The average molecular weight is 310 g/mol. The van der Waals surface area contributed by atoms with Crippen LogP contribution in [-0.4, -0.2) is 23.1 Å². The van der Waals surface area contributed by atoms with Crippen LogP contribution in [-0.2, 0) is 16.0 Å². The first-order chi connectivity index (χ1) is 10.9. The first kappa shape index (κ1) is 14.5. The van der Waals surface area contributed by atoms with Gasteiger partial charge in [-0.3, -0.25) is 9.59 Å². The molecule has 1 aromatic carbocycles. The van der Waals surface area contributed by atoms with Crippen LogP contribution in [0.5, 0.6) is 0 Å². The molecular weight excluding hydrogens is 288 g/mol. The van der Waals surface area contributed by atoms with Crippen molar-refractivity contribution < 1.29 is 9.59 Å². The van der Waals surface area contributed by atoms with Crippen molar-refractivity contribution in [2.75, 3.05) is 6.54 Å². The van der Waals surface area contributed by atoms with E-state index in [0.29, 0.717) is 18.5 Å². The number of hydrogen-bond acceptors (Lipinski definition) is 3. The second kappa shape index (κ2) is 4.95. The number of rotatable bonds is 0. The van der Waals surface area contributed by atoms with Gasteiger partial charge in [0.05, 0.1) is 12.5 Å². The van der Waals surface area contributed by atoms with Gasteiger partial charge in [0.25, 0.3) is 0 Å². The minimum Gasteiger partial charge on any atom is -0.365 e. The summed E-state index contributed by atoms with van der Waals surface area (Å²) in [5.41, 5.74) is 4.10. The fourth-order valence-electron chi connectivity index (χ4n) is 4.24.